The molecule has 6 heteroatoms. The molecular weight excluding hydrogens is 350 g/mol. The van der Waals surface area contributed by atoms with Crippen LogP contribution in [0.5, 0.6) is 0 Å². The van der Waals surface area contributed by atoms with Crippen molar-refractivity contribution in [2.24, 2.45) is 5.92 Å². The zero-order valence-electron chi connectivity index (χ0n) is 17.0. The second kappa shape index (κ2) is 8.33. The first-order valence-electron chi connectivity index (χ1n) is 10.6. The summed E-state index contributed by atoms with van der Waals surface area (Å²) in [4.78, 5) is 17.3. The highest BCUT2D eigenvalue weighted by Crippen LogP contribution is 2.25. The Labute approximate surface area is 167 Å². The molecule has 1 saturated heterocycles. The number of hydrogen-bond donors (Lipinski definition) is 0. The number of benzene rings is 1. The van der Waals surface area contributed by atoms with Crippen molar-refractivity contribution >= 4 is 11.6 Å². The van der Waals surface area contributed by atoms with Gasteiger partial charge in [0.05, 0.1) is 6.20 Å². The Kier molecular flexibility index (Phi) is 5.64. The van der Waals surface area contributed by atoms with E-state index in [1.54, 1.807) is 0 Å². The van der Waals surface area contributed by atoms with E-state index in [-0.39, 0.29) is 11.9 Å². The lowest BCUT2D eigenvalue weighted by atomic mass is 9.89. The Morgan fingerprint density at radius 3 is 2.57 bits per heavy atom. The molecule has 1 saturated carbocycles. The van der Waals surface area contributed by atoms with Gasteiger partial charge in [0.1, 0.15) is 0 Å². The first-order valence-corrected chi connectivity index (χ1v) is 10.6. The van der Waals surface area contributed by atoms with Gasteiger partial charge in [0, 0.05) is 37.9 Å². The molecule has 4 rings (SSSR count). The van der Waals surface area contributed by atoms with Crippen LogP contribution in [0.15, 0.2) is 30.5 Å². The summed E-state index contributed by atoms with van der Waals surface area (Å²) in [6.45, 7) is 7.50. The van der Waals surface area contributed by atoms with Crippen LogP contribution in [0.4, 0.5) is 5.69 Å². The van der Waals surface area contributed by atoms with Crippen molar-refractivity contribution < 1.29 is 4.79 Å². The smallest absolute Gasteiger partial charge is 0.276 e. The predicted octanol–water partition coefficient (Wildman–Crippen LogP) is 3.52. The molecule has 1 unspecified atom stereocenters. The quantitative estimate of drug-likeness (QED) is 0.813. The third kappa shape index (κ3) is 4.21. The SMILES string of the molecule is Cc1ccc(N2CCN(C(=O)c3cn(CC4CCCCC4)nn3)C(C)C2)cc1. The summed E-state index contributed by atoms with van der Waals surface area (Å²) in [5.41, 5.74) is 2.97. The van der Waals surface area contributed by atoms with Crippen molar-refractivity contribution in [2.75, 3.05) is 24.5 Å². The highest BCUT2D eigenvalue weighted by molar-refractivity contribution is 5.92. The van der Waals surface area contributed by atoms with E-state index in [9.17, 15) is 4.79 Å². The second-order valence-electron chi connectivity index (χ2n) is 8.46. The highest BCUT2D eigenvalue weighted by atomic mass is 16.2. The average Bonchev–Trinajstić information content (AvgIpc) is 3.17. The summed E-state index contributed by atoms with van der Waals surface area (Å²) in [6, 6.07) is 8.75. The van der Waals surface area contributed by atoms with Crippen LogP contribution in [-0.2, 0) is 6.54 Å². The maximum Gasteiger partial charge on any atom is 0.276 e. The van der Waals surface area contributed by atoms with Gasteiger partial charge in [0.15, 0.2) is 5.69 Å². The number of anilines is 1. The number of aryl methyl sites for hydroxylation is 1. The Hall–Kier alpha value is -2.37. The highest BCUT2D eigenvalue weighted by Gasteiger charge is 2.30. The molecule has 1 aromatic carbocycles. The number of amides is 1. The van der Waals surface area contributed by atoms with Crippen LogP contribution in [-0.4, -0.2) is 51.5 Å². The first-order chi connectivity index (χ1) is 13.6. The molecule has 1 aromatic heterocycles. The minimum absolute atomic E-state index is 0.00551. The average molecular weight is 382 g/mol. The van der Waals surface area contributed by atoms with Gasteiger partial charge in [-0.2, -0.15) is 0 Å². The fourth-order valence-electron chi connectivity index (χ4n) is 4.52. The zero-order valence-corrected chi connectivity index (χ0v) is 17.0. The molecule has 2 heterocycles. The number of aromatic nitrogens is 3. The Morgan fingerprint density at radius 1 is 1.11 bits per heavy atom. The normalized spacial score (nSPS) is 21.1. The van der Waals surface area contributed by atoms with Gasteiger partial charge >= 0.3 is 0 Å². The van der Waals surface area contributed by atoms with Gasteiger partial charge in [-0.3, -0.25) is 9.48 Å². The van der Waals surface area contributed by atoms with Gasteiger partial charge in [-0.05, 0) is 44.7 Å². The lowest BCUT2D eigenvalue weighted by Crippen LogP contribution is -2.54. The first kappa shape index (κ1) is 19.0. The van der Waals surface area contributed by atoms with Crippen molar-refractivity contribution in [2.45, 2.75) is 58.5 Å². The van der Waals surface area contributed by atoms with E-state index < -0.39 is 0 Å². The molecule has 2 aromatic rings. The summed E-state index contributed by atoms with van der Waals surface area (Å²) >= 11 is 0. The molecule has 0 bridgehead atoms. The predicted molar refractivity (Wildman–Crippen MR) is 110 cm³/mol. The summed E-state index contributed by atoms with van der Waals surface area (Å²) in [6.07, 6.45) is 8.35. The van der Waals surface area contributed by atoms with Crippen LogP contribution in [0.1, 0.15) is 55.1 Å². The monoisotopic (exact) mass is 381 g/mol. The Bertz CT molecular complexity index is 794. The summed E-state index contributed by atoms with van der Waals surface area (Å²) in [5, 5.41) is 8.42. The van der Waals surface area contributed by atoms with Crippen LogP contribution in [0.2, 0.25) is 0 Å². The van der Waals surface area contributed by atoms with Crippen LogP contribution >= 0.6 is 0 Å². The Balaban J connectivity index is 1.36. The summed E-state index contributed by atoms with van der Waals surface area (Å²) < 4.78 is 1.87. The van der Waals surface area contributed by atoms with Crippen molar-refractivity contribution in [1.82, 2.24) is 19.9 Å². The van der Waals surface area contributed by atoms with E-state index in [1.165, 1.54) is 43.4 Å². The third-order valence-corrected chi connectivity index (χ3v) is 6.22. The zero-order chi connectivity index (χ0) is 19.5. The maximum absolute atomic E-state index is 13.0. The standard InChI is InChI=1S/C22H31N5O/c1-17-8-10-20(11-9-17)25-12-13-27(18(2)14-25)22(28)21-16-26(24-23-21)15-19-6-4-3-5-7-19/h8-11,16,18-19H,3-7,12-15H2,1-2H3. The molecule has 1 amide bonds. The van der Waals surface area contributed by atoms with Crippen LogP contribution in [0.25, 0.3) is 0 Å². The van der Waals surface area contributed by atoms with E-state index in [0.717, 1.165) is 19.6 Å². The molecule has 2 fully saturated rings. The number of carbonyl (C=O) groups excluding carboxylic acids is 1. The number of nitrogens with zero attached hydrogens (tertiary/aromatic N) is 5. The van der Waals surface area contributed by atoms with Crippen LogP contribution in [0.3, 0.4) is 0 Å². The molecule has 1 aliphatic heterocycles. The van der Waals surface area contributed by atoms with Gasteiger partial charge in [-0.15, -0.1) is 5.10 Å². The Morgan fingerprint density at radius 2 is 1.86 bits per heavy atom. The van der Waals surface area contributed by atoms with Crippen LogP contribution in [0, 0.1) is 12.8 Å². The molecule has 0 N–H and O–H groups in total. The van der Waals surface area contributed by atoms with Gasteiger partial charge in [-0.1, -0.05) is 42.2 Å². The van der Waals surface area contributed by atoms with Crippen molar-refractivity contribution in [3.8, 4) is 0 Å². The minimum Gasteiger partial charge on any atom is -0.368 e. The fraction of sp³-hybridized carbons (Fsp3) is 0.591. The van der Waals surface area contributed by atoms with Gasteiger partial charge in [0.25, 0.3) is 5.91 Å². The molecule has 1 aliphatic carbocycles. The largest absolute Gasteiger partial charge is 0.368 e. The van der Waals surface area contributed by atoms with Gasteiger partial charge < -0.3 is 9.80 Å². The molecule has 2 aliphatic rings. The number of carbonyl (C=O) groups is 1. The van der Waals surface area contributed by atoms with E-state index in [2.05, 4.69) is 53.3 Å². The molecule has 6 nitrogen and oxygen atoms in total. The topological polar surface area (TPSA) is 54.3 Å². The minimum atomic E-state index is 0.00551. The number of piperazine rings is 1. The lowest BCUT2D eigenvalue weighted by molar-refractivity contribution is 0.0668. The number of hydrogen-bond acceptors (Lipinski definition) is 4. The molecule has 0 spiro atoms. The van der Waals surface area contributed by atoms with Crippen molar-refractivity contribution in [1.29, 1.82) is 0 Å². The second-order valence-corrected chi connectivity index (χ2v) is 8.46. The molecular formula is C22H31N5O. The van der Waals surface area contributed by atoms with Gasteiger partial charge in [0.2, 0.25) is 0 Å². The summed E-state index contributed by atoms with van der Waals surface area (Å²) in [7, 11) is 0. The fourth-order valence-corrected chi connectivity index (χ4v) is 4.52. The van der Waals surface area contributed by atoms with E-state index in [4.69, 9.17) is 0 Å². The van der Waals surface area contributed by atoms with E-state index in [1.807, 2.05) is 15.8 Å². The van der Waals surface area contributed by atoms with Crippen molar-refractivity contribution in [3.05, 3.63) is 41.7 Å². The lowest BCUT2D eigenvalue weighted by Gasteiger charge is -2.40. The van der Waals surface area contributed by atoms with E-state index in [0.29, 0.717) is 18.2 Å². The van der Waals surface area contributed by atoms with E-state index >= 15 is 0 Å². The number of rotatable bonds is 4. The molecule has 1 atom stereocenters. The van der Waals surface area contributed by atoms with Gasteiger partial charge in [-0.25, -0.2) is 0 Å². The summed E-state index contributed by atoms with van der Waals surface area (Å²) in [5.74, 6) is 0.682. The van der Waals surface area contributed by atoms with Crippen LogP contribution < -0.4 is 4.90 Å². The maximum atomic E-state index is 13.0. The molecule has 28 heavy (non-hydrogen) atoms. The third-order valence-electron chi connectivity index (χ3n) is 6.22. The van der Waals surface area contributed by atoms with Crippen molar-refractivity contribution in [3.63, 3.8) is 0 Å². The molecule has 0 radical (unpaired) electrons. The molecule has 150 valence electrons.